The molecule has 0 spiro atoms. The Hall–Kier alpha value is -2.57. The summed E-state index contributed by atoms with van der Waals surface area (Å²) in [6.07, 6.45) is 4.02. The lowest BCUT2D eigenvalue weighted by atomic mass is 10.4. The van der Waals surface area contributed by atoms with E-state index in [-0.39, 0.29) is 5.56 Å². The molecule has 0 aliphatic rings. The van der Waals surface area contributed by atoms with Crippen molar-refractivity contribution in [1.82, 2.24) is 24.7 Å². The number of aromatic amines is 1. The van der Waals surface area contributed by atoms with Gasteiger partial charge in [-0.3, -0.25) is 4.79 Å². The van der Waals surface area contributed by atoms with Gasteiger partial charge in [-0.05, 0) is 12.1 Å². The number of hydrogen-bond donors (Lipinski definition) is 1. The lowest BCUT2D eigenvalue weighted by Gasteiger charge is -2.00. The molecule has 0 fully saturated rings. The van der Waals surface area contributed by atoms with Crippen molar-refractivity contribution < 1.29 is 4.39 Å². The van der Waals surface area contributed by atoms with Crippen LogP contribution in [0.4, 0.5) is 4.39 Å². The summed E-state index contributed by atoms with van der Waals surface area (Å²) in [5.41, 5.74) is 0.679. The molecule has 0 aliphatic heterocycles. The topological polar surface area (TPSA) is 76.5 Å². The molecule has 0 aromatic carbocycles. The Morgan fingerprint density at radius 2 is 2.12 bits per heavy atom. The van der Waals surface area contributed by atoms with Gasteiger partial charge in [0.05, 0.1) is 24.4 Å². The summed E-state index contributed by atoms with van der Waals surface area (Å²) >= 11 is 0. The van der Waals surface area contributed by atoms with Crippen molar-refractivity contribution in [2.75, 3.05) is 0 Å². The van der Waals surface area contributed by atoms with Crippen LogP contribution in [-0.2, 0) is 0 Å². The maximum atomic E-state index is 12.7. The summed E-state index contributed by atoms with van der Waals surface area (Å²) in [6.45, 7) is 0. The third kappa shape index (κ3) is 1.48. The molecule has 7 heteroatoms. The van der Waals surface area contributed by atoms with Crippen molar-refractivity contribution in [2.24, 2.45) is 0 Å². The molecule has 6 nitrogen and oxygen atoms in total. The highest BCUT2D eigenvalue weighted by Crippen LogP contribution is 2.11. The Morgan fingerprint density at radius 3 is 2.88 bits per heavy atom. The van der Waals surface area contributed by atoms with Gasteiger partial charge in [0.2, 0.25) is 5.95 Å². The fourth-order valence-electron chi connectivity index (χ4n) is 1.54. The lowest BCUT2D eigenvalue weighted by molar-refractivity contribution is 0.582. The Labute approximate surface area is 93.8 Å². The summed E-state index contributed by atoms with van der Waals surface area (Å²) in [4.78, 5) is 21.5. The van der Waals surface area contributed by atoms with Crippen LogP contribution in [0.3, 0.4) is 0 Å². The molecule has 84 valence electrons. The van der Waals surface area contributed by atoms with Gasteiger partial charge in [0, 0.05) is 0 Å². The van der Waals surface area contributed by atoms with E-state index in [0.717, 1.165) is 0 Å². The predicted molar refractivity (Wildman–Crippen MR) is 57.2 cm³/mol. The van der Waals surface area contributed by atoms with Crippen molar-refractivity contribution in [3.63, 3.8) is 0 Å². The zero-order valence-corrected chi connectivity index (χ0v) is 8.46. The zero-order chi connectivity index (χ0) is 11.8. The summed E-state index contributed by atoms with van der Waals surface area (Å²) < 4.78 is 14.1. The molecule has 0 radical (unpaired) electrons. The molecule has 3 heterocycles. The van der Waals surface area contributed by atoms with Crippen LogP contribution in [-0.4, -0.2) is 24.7 Å². The second kappa shape index (κ2) is 3.48. The molecule has 0 atom stereocenters. The summed E-state index contributed by atoms with van der Waals surface area (Å²) in [6, 6.07) is 2.73. The van der Waals surface area contributed by atoms with Crippen LogP contribution in [0.15, 0.2) is 35.6 Å². The second-order valence-electron chi connectivity index (χ2n) is 3.36. The SMILES string of the molecule is O=c1[nH]cnc2c1cnn2-c1ccc(F)nc1. The van der Waals surface area contributed by atoms with Gasteiger partial charge in [-0.25, -0.2) is 14.6 Å². The van der Waals surface area contributed by atoms with Crippen LogP contribution in [0.5, 0.6) is 0 Å². The predicted octanol–water partition coefficient (Wildman–Crippen LogP) is 0.643. The molecule has 0 unspecified atom stereocenters. The molecule has 17 heavy (non-hydrogen) atoms. The van der Waals surface area contributed by atoms with Gasteiger partial charge in [-0.15, -0.1) is 0 Å². The van der Waals surface area contributed by atoms with Crippen LogP contribution in [0, 0.1) is 5.95 Å². The maximum absolute atomic E-state index is 12.7. The number of halogens is 1. The fraction of sp³-hybridized carbons (Fsp3) is 0. The van der Waals surface area contributed by atoms with Gasteiger partial charge in [0.1, 0.15) is 5.39 Å². The van der Waals surface area contributed by atoms with Gasteiger partial charge in [0.15, 0.2) is 5.65 Å². The summed E-state index contributed by atoms with van der Waals surface area (Å²) in [5.74, 6) is -0.573. The summed E-state index contributed by atoms with van der Waals surface area (Å²) in [5, 5.41) is 4.40. The molecular weight excluding hydrogens is 225 g/mol. The lowest BCUT2D eigenvalue weighted by Crippen LogP contribution is -2.06. The van der Waals surface area contributed by atoms with Gasteiger partial charge >= 0.3 is 0 Å². The fourth-order valence-corrected chi connectivity index (χ4v) is 1.54. The number of nitrogens with zero attached hydrogens (tertiary/aromatic N) is 4. The molecule has 0 bridgehead atoms. The first-order chi connectivity index (χ1) is 8.25. The number of nitrogens with one attached hydrogen (secondary N) is 1. The molecule has 0 saturated heterocycles. The summed E-state index contributed by atoms with van der Waals surface area (Å²) in [7, 11) is 0. The Kier molecular flexibility index (Phi) is 1.97. The highest BCUT2D eigenvalue weighted by Gasteiger charge is 2.08. The van der Waals surface area contributed by atoms with E-state index in [1.165, 1.54) is 35.5 Å². The number of aromatic nitrogens is 5. The van der Waals surface area contributed by atoms with Crippen molar-refractivity contribution in [1.29, 1.82) is 0 Å². The smallest absolute Gasteiger partial charge is 0.261 e. The Balaban J connectivity index is 2.28. The van der Waals surface area contributed by atoms with E-state index in [1.807, 2.05) is 0 Å². The first kappa shape index (κ1) is 9.64. The van der Waals surface area contributed by atoms with E-state index in [4.69, 9.17) is 0 Å². The van der Waals surface area contributed by atoms with Gasteiger partial charge in [-0.1, -0.05) is 0 Å². The third-order valence-corrected chi connectivity index (χ3v) is 2.33. The van der Waals surface area contributed by atoms with Crippen LogP contribution >= 0.6 is 0 Å². The Morgan fingerprint density at radius 1 is 1.24 bits per heavy atom. The second-order valence-corrected chi connectivity index (χ2v) is 3.36. The minimum Gasteiger partial charge on any atom is -0.312 e. The van der Waals surface area contributed by atoms with Gasteiger partial charge in [-0.2, -0.15) is 9.49 Å². The quantitative estimate of drug-likeness (QED) is 0.623. The number of H-pyrrole nitrogens is 1. The zero-order valence-electron chi connectivity index (χ0n) is 8.46. The highest BCUT2D eigenvalue weighted by atomic mass is 19.1. The normalized spacial score (nSPS) is 10.9. The standard InChI is InChI=1S/C10H6FN5O/c11-8-2-1-6(3-12-8)16-9-7(4-15-16)10(17)14-5-13-9/h1-5H,(H,13,14,17). The van der Waals surface area contributed by atoms with E-state index in [1.54, 1.807) is 0 Å². The van der Waals surface area contributed by atoms with Crippen LogP contribution in [0.1, 0.15) is 0 Å². The van der Waals surface area contributed by atoms with E-state index in [2.05, 4.69) is 20.1 Å². The molecule has 3 rings (SSSR count). The average molecular weight is 231 g/mol. The molecule has 0 aliphatic carbocycles. The number of pyridine rings is 1. The first-order valence-electron chi connectivity index (χ1n) is 4.79. The van der Waals surface area contributed by atoms with Crippen LogP contribution < -0.4 is 5.56 Å². The minimum absolute atomic E-state index is 0.267. The van der Waals surface area contributed by atoms with E-state index in [0.29, 0.717) is 16.7 Å². The third-order valence-electron chi connectivity index (χ3n) is 2.33. The molecule has 3 aromatic heterocycles. The van der Waals surface area contributed by atoms with E-state index < -0.39 is 5.95 Å². The van der Waals surface area contributed by atoms with Crippen molar-refractivity contribution >= 4 is 11.0 Å². The number of rotatable bonds is 1. The minimum atomic E-state index is -0.573. The van der Waals surface area contributed by atoms with Gasteiger partial charge in [0.25, 0.3) is 5.56 Å². The first-order valence-corrected chi connectivity index (χ1v) is 4.79. The molecule has 0 saturated carbocycles. The molecule has 0 amide bonds. The van der Waals surface area contributed by atoms with E-state index >= 15 is 0 Å². The van der Waals surface area contributed by atoms with Gasteiger partial charge < -0.3 is 4.98 Å². The van der Waals surface area contributed by atoms with Crippen molar-refractivity contribution in [2.45, 2.75) is 0 Å². The van der Waals surface area contributed by atoms with Crippen LogP contribution in [0.25, 0.3) is 16.7 Å². The van der Waals surface area contributed by atoms with E-state index in [9.17, 15) is 9.18 Å². The highest BCUT2D eigenvalue weighted by molar-refractivity contribution is 5.74. The Bertz CT molecular complexity index is 730. The average Bonchev–Trinajstić information content (AvgIpc) is 2.75. The molecule has 3 aromatic rings. The maximum Gasteiger partial charge on any atom is 0.261 e. The monoisotopic (exact) mass is 231 g/mol. The van der Waals surface area contributed by atoms with Crippen LogP contribution in [0.2, 0.25) is 0 Å². The number of fused-ring (bicyclic) bond motifs is 1. The number of hydrogen-bond acceptors (Lipinski definition) is 4. The molecule has 1 N–H and O–H groups in total. The van der Waals surface area contributed by atoms with Crippen molar-refractivity contribution in [3.8, 4) is 5.69 Å². The molecular formula is C10H6FN5O. The van der Waals surface area contributed by atoms with Crippen molar-refractivity contribution in [3.05, 3.63) is 47.2 Å². The largest absolute Gasteiger partial charge is 0.312 e.